The summed E-state index contributed by atoms with van der Waals surface area (Å²) in [6.07, 6.45) is 5.49. The Hall–Kier alpha value is -3.24. The first-order chi connectivity index (χ1) is 12.9. The number of nitro benzene ring substituents is 1. The van der Waals surface area contributed by atoms with Crippen LogP contribution in [0.15, 0.2) is 47.5 Å². The van der Waals surface area contributed by atoms with E-state index in [4.69, 9.17) is 6.42 Å². The third-order valence-corrected chi connectivity index (χ3v) is 5.17. The van der Waals surface area contributed by atoms with Gasteiger partial charge >= 0.3 is 0 Å². The molecule has 0 saturated heterocycles. The highest BCUT2D eigenvalue weighted by Crippen LogP contribution is 2.23. The third kappa shape index (κ3) is 3.81. The fourth-order valence-electron chi connectivity index (χ4n) is 2.68. The van der Waals surface area contributed by atoms with E-state index < -0.39 is 10.8 Å². The van der Waals surface area contributed by atoms with Crippen LogP contribution in [0, 0.1) is 22.5 Å². The van der Waals surface area contributed by atoms with Crippen molar-refractivity contribution in [1.82, 2.24) is 4.57 Å². The number of nitro groups is 1. The van der Waals surface area contributed by atoms with Crippen LogP contribution in [0.2, 0.25) is 0 Å². The summed E-state index contributed by atoms with van der Waals surface area (Å²) < 4.78 is 2.79. The number of terminal acetylenes is 1. The second-order valence-electron chi connectivity index (χ2n) is 6.28. The molecule has 3 rings (SSSR count). The maximum Gasteiger partial charge on any atom is 0.279 e. The number of amides is 1. The van der Waals surface area contributed by atoms with Crippen molar-refractivity contribution in [2.24, 2.45) is 4.99 Å². The molecule has 2 aromatic carbocycles. The van der Waals surface area contributed by atoms with Crippen LogP contribution in [0.4, 0.5) is 5.69 Å². The van der Waals surface area contributed by atoms with Crippen LogP contribution in [-0.4, -0.2) is 15.4 Å². The lowest BCUT2D eigenvalue weighted by Gasteiger charge is -2.05. The van der Waals surface area contributed by atoms with Crippen molar-refractivity contribution >= 4 is 33.1 Å². The minimum absolute atomic E-state index is 0.148. The minimum atomic E-state index is -0.542. The van der Waals surface area contributed by atoms with E-state index in [0.717, 1.165) is 10.2 Å². The Kier molecular flexibility index (Phi) is 5.19. The standard InChI is InChI=1S/C20H17N3O3S/c1-4-10-22-17-9-8-14(13(2)3)12-18(17)27-20(22)21-19(24)15-6-5-7-16(11-15)23(25)26/h1,5-9,11-13H,10H2,2-3H3. The topological polar surface area (TPSA) is 77.5 Å². The first-order valence-electron chi connectivity index (χ1n) is 8.31. The molecule has 6 nitrogen and oxygen atoms in total. The molecule has 1 aromatic heterocycles. The van der Waals surface area contributed by atoms with Gasteiger partial charge in [-0.2, -0.15) is 4.99 Å². The van der Waals surface area contributed by atoms with E-state index in [0.29, 0.717) is 10.7 Å². The summed E-state index contributed by atoms with van der Waals surface area (Å²) in [5.41, 5.74) is 2.11. The molecule has 0 N–H and O–H groups in total. The maximum absolute atomic E-state index is 12.5. The van der Waals surface area contributed by atoms with E-state index in [9.17, 15) is 14.9 Å². The number of carbonyl (C=O) groups is 1. The van der Waals surface area contributed by atoms with Crippen LogP contribution < -0.4 is 4.80 Å². The van der Waals surface area contributed by atoms with Gasteiger partial charge in [0.1, 0.15) is 0 Å². The number of hydrogen-bond acceptors (Lipinski definition) is 4. The molecule has 0 aliphatic rings. The Morgan fingerprint density at radius 2 is 2.11 bits per heavy atom. The highest BCUT2D eigenvalue weighted by Gasteiger charge is 2.13. The normalized spacial score (nSPS) is 11.7. The molecule has 0 aliphatic carbocycles. The Morgan fingerprint density at radius 1 is 1.33 bits per heavy atom. The van der Waals surface area contributed by atoms with E-state index in [2.05, 4.69) is 30.8 Å². The predicted molar refractivity (Wildman–Crippen MR) is 106 cm³/mol. The number of aromatic nitrogens is 1. The average Bonchev–Trinajstić information content (AvgIpc) is 2.98. The van der Waals surface area contributed by atoms with E-state index in [1.54, 1.807) is 4.57 Å². The summed E-state index contributed by atoms with van der Waals surface area (Å²) in [5, 5.41) is 10.9. The smallest absolute Gasteiger partial charge is 0.279 e. The molecule has 0 bridgehead atoms. The van der Waals surface area contributed by atoms with Crippen LogP contribution >= 0.6 is 11.3 Å². The van der Waals surface area contributed by atoms with Crippen LogP contribution in [0.25, 0.3) is 10.2 Å². The fourth-order valence-corrected chi connectivity index (χ4v) is 3.76. The number of hydrogen-bond donors (Lipinski definition) is 0. The van der Waals surface area contributed by atoms with Gasteiger partial charge in [-0.05, 0) is 29.7 Å². The highest BCUT2D eigenvalue weighted by molar-refractivity contribution is 7.16. The second kappa shape index (κ2) is 7.56. The van der Waals surface area contributed by atoms with Crippen LogP contribution in [0.1, 0.15) is 35.7 Å². The molecule has 0 atom stereocenters. The number of thiazole rings is 1. The predicted octanol–water partition coefficient (Wildman–Crippen LogP) is 4.11. The van der Waals surface area contributed by atoms with E-state index in [-0.39, 0.29) is 17.8 Å². The first-order valence-corrected chi connectivity index (χ1v) is 9.12. The number of carbonyl (C=O) groups excluding carboxylic acids is 1. The minimum Gasteiger partial charge on any atom is -0.305 e. The van der Waals surface area contributed by atoms with Crippen LogP contribution in [-0.2, 0) is 6.54 Å². The zero-order valence-corrected chi connectivity index (χ0v) is 15.7. The van der Waals surface area contributed by atoms with Gasteiger partial charge in [0, 0.05) is 17.7 Å². The van der Waals surface area contributed by atoms with Crippen LogP contribution in [0.5, 0.6) is 0 Å². The van der Waals surface area contributed by atoms with E-state index >= 15 is 0 Å². The van der Waals surface area contributed by atoms with Crippen molar-refractivity contribution in [1.29, 1.82) is 0 Å². The number of fused-ring (bicyclic) bond motifs is 1. The molecule has 7 heteroatoms. The Morgan fingerprint density at radius 3 is 2.78 bits per heavy atom. The zero-order chi connectivity index (χ0) is 19.6. The Labute approximate surface area is 160 Å². The van der Waals surface area contributed by atoms with Crippen molar-refractivity contribution in [2.75, 3.05) is 0 Å². The zero-order valence-electron chi connectivity index (χ0n) is 14.9. The Bertz CT molecular complexity index is 1150. The van der Waals surface area contributed by atoms with Gasteiger partial charge in [0.15, 0.2) is 4.80 Å². The van der Waals surface area contributed by atoms with Crippen molar-refractivity contribution in [3.8, 4) is 12.3 Å². The lowest BCUT2D eigenvalue weighted by molar-refractivity contribution is -0.384. The lowest BCUT2D eigenvalue weighted by atomic mass is 10.0. The first kappa shape index (κ1) is 18.5. The molecule has 136 valence electrons. The largest absolute Gasteiger partial charge is 0.305 e. The summed E-state index contributed by atoms with van der Waals surface area (Å²) in [7, 11) is 0. The summed E-state index contributed by atoms with van der Waals surface area (Å²) >= 11 is 1.37. The molecule has 1 amide bonds. The average molecular weight is 379 g/mol. The molecular formula is C20H17N3O3S. The quantitative estimate of drug-likeness (QED) is 0.389. The molecule has 0 spiro atoms. The van der Waals surface area contributed by atoms with Crippen LogP contribution in [0.3, 0.4) is 0 Å². The maximum atomic E-state index is 12.5. The molecule has 0 saturated carbocycles. The monoisotopic (exact) mass is 379 g/mol. The molecule has 0 fully saturated rings. The molecule has 27 heavy (non-hydrogen) atoms. The third-order valence-electron chi connectivity index (χ3n) is 4.12. The highest BCUT2D eigenvalue weighted by atomic mass is 32.1. The lowest BCUT2D eigenvalue weighted by Crippen LogP contribution is -2.16. The van der Waals surface area contributed by atoms with Crippen molar-refractivity contribution in [2.45, 2.75) is 26.3 Å². The molecular weight excluding hydrogens is 362 g/mol. The van der Waals surface area contributed by atoms with Gasteiger partial charge in [0.05, 0.1) is 21.7 Å². The van der Waals surface area contributed by atoms with Gasteiger partial charge in [-0.1, -0.05) is 43.2 Å². The van der Waals surface area contributed by atoms with Gasteiger partial charge in [0.25, 0.3) is 11.6 Å². The number of non-ortho nitro benzene ring substituents is 1. The Balaban J connectivity index is 2.13. The van der Waals surface area contributed by atoms with Crippen molar-refractivity contribution < 1.29 is 9.72 Å². The summed E-state index contributed by atoms with van der Waals surface area (Å²) in [6, 6.07) is 11.6. The SMILES string of the molecule is C#CCn1c(=NC(=O)c2cccc([N+](=O)[O-])c2)sc2cc(C(C)C)ccc21. The van der Waals surface area contributed by atoms with E-state index in [1.807, 2.05) is 12.1 Å². The van der Waals surface area contributed by atoms with Crippen molar-refractivity contribution in [3.05, 3.63) is 68.5 Å². The number of rotatable bonds is 4. The number of nitrogens with zero attached hydrogens (tertiary/aromatic N) is 3. The van der Waals surface area contributed by atoms with Gasteiger partial charge in [0.2, 0.25) is 0 Å². The molecule has 0 aliphatic heterocycles. The molecule has 1 heterocycles. The fraction of sp³-hybridized carbons (Fsp3) is 0.200. The summed E-state index contributed by atoms with van der Waals surface area (Å²) in [6.45, 7) is 4.50. The number of benzene rings is 2. The summed E-state index contributed by atoms with van der Waals surface area (Å²) in [5.74, 6) is 2.42. The summed E-state index contributed by atoms with van der Waals surface area (Å²) in [4.78, 5) is 27.6. The molecule has 0 radical (unpaired) electrons. The van der Waals surface area contributed by atoms with Gasteiger partial charge < -0.3 is 4.57 Å². The van der Waals surface area contributed by atoms with Gasteiger partial charge in [-0.25, -0.2) is 0 Å². The second-order valence-corrected chi connectivity index (χ2v) is 7.29. The molecule has 0 unspecified atom stereocenters. The van der Waals surface area contributed by atoms with E-state index in [1.165, 1.54) is 41.2 Å². The molecule has 3 aromatic rings. The van der Waals surface area contributed by atoms with Crippen molar-refractivity contribution in [3.63, 3.8) is 0 Å². The van der Waals surface area contributed by atoms with Gasteiger partial charge in [-0.15, -0.1) is 6.42 Å². The van der Waals surface area contributed by atoms with Gasteiger partial charge in [-0.3, -0.25) is 14.9 Å².